The lowest BCUT2D eigenvalue weighted by molar-refractivity contribution is 0.00354. The van der Waals surface area contributed by atoms with Crippen molar-refractivity contribution in [2.75, 3.05) is 7.11 Å². The summed E-state index contributed by atoms with van der Waals surface area (Å²) in [4.78, 5) is 24.6. The Morgan fingerprint density at radius 2 is 1.50 bits per heavy atom. The van der Waals surface area contributed by atoms with E-state index in [4.69, 9.17) is 9.15 Å². The van der Waals surface area contributed by atoms with E-state index < -0.39 is 29.0 Å². The molecule has 26 heavy (non-hydrogen) atoms. The van der Waals surface area contributed by atoms with Gasteiger partial charge in [0, 0.05) is 0 Å². The second-order valence-corrected chi connectivity index (χ2v) is 7.25. The Morgan fingerprint density at radius 3 is 1.96 bits per heavy atom. The summed E-state index contributed by atoms with van der Waals surface area (Å²) in [6, 6.07) is 3.84. The fourth-order valence-electron chi connectivity index (χ4n) is 2.93. The summed E-state index contributed by atoms with van der Waals surface area (Å²) in [6.07, 6.45) is 0. The zero-order chi connectivity index (χ0) is 19.8. The molecule has 0 saturated heterocycles. The number of carbonyl (C=O) groups excluding carboxylic acids is 2. The molecule has 0 saturated carbocycles. The van der Waals surface area contributed by atoms with Gasteiger partial charge < -0.3 is 19.0 Å². The molecule has 2 rings (SSSR count). The zero-order valence-corrected chi connectivity index (χ0v) is 16.1. The first-order chi connectivity index (χ1) is 12.0. The monoisotopic (exact) mass is 360 g/mol. The number of methoxy groups -OCH3 is 1. The Balaban J connectivity index is 2.77. The van der Waals surface area contributed by atoms with Gasteiger partial charge in [-0.3, -0.25) is 0 Å². The number of benzene rings is 1. The molecule has 1 aromatic heterocycles. The number of ether oxygens (including phenoxy) is 2. The molecule has 0 aliphatic heterocycles. The first kappa shape index (κ1) is 19.6. The summed E-state index contributed by atoms with van der Waals surface area (Å²) < 4.78 is 15.4. The van der Waals surface area contributed by atoms with E-state index in [0.29, 0.717) is 5.56 Å². The molecule has 140 valence electrons. The lowest BCUT2D eigenvalue weighted by atomic mass is 9.93. The normalized spacial score (nSPS) is 11.3. The highest BCUT2D eigenvalue weighted by atomic mass is 16.6. The van der Waals surface area contributed by atoms with E-state index in [-0.39, 0.29) is 11.3 Å². The molecule has 0 amide bonds. The molecule has 0 fully saturated rings. The van der Waals surface area contributed by atoms with Gasteiger partial charge in [0.1, 0.15) is 5.60 Å². The van der Waals surface area contributed by atoms with Crippen LogP contribution in [0.25, 0.3) is 11.1 Å². The van der Waals surface area contributed by atoms with Crippen molar-refractivity contribution in [3.8, 4) is 16.9 Å². The summed E-state index contributed by atoms with van der Waals surface area (Å²) in [5, 5.41) is 10.6. The van der Waals surface area contributed by atoms with Crippen LogP contribution in [-0.4, -0.2) is 29.8 Å². The lowest BCUT2D eigenvalue weighted by Gasteiger charge is -2.19. The largest absolute Gasteiger partial charge is 0.504 e. The maximum Gasteiger partial charge on any atom is 0.377 e. The van der Waals surface area contributed by atoms with Crippen LogP contribution in [0.4, 0.5) is 0 Å². The maximum absolute atomic E-state index is 12.6. The summed E-state index contributed by atoms with van der Waals surface area (Å²) in [7, 11) is 1.17. The molecule has 1 heterocycles. The second kappa shape index (κ2) is 6.86. The number of hydrogen-bond acceptors (Lipinski definition) is 6. The summed E-state index contributed by atoms with van der Waals surface area (Å²) in [6.45, 7) is 10.8. The van der Waals surface area contributed by atoms with E-state index in [1.54, 1.807) is 20.8 Å². The van der Waals surface area contributed by atoms with Gasteiger partial charge in [-0.1, -0.05) is 17.7 Å². The van der Waals surface area contributed by atoms with Crippen LogP contribution in [0.3, 0.4) is 0 Å². The number of aryl methyl sites for hydroxylation is 3. The highest BCUT2D eigenvalue weighted by molar-refractivity contribution is 6.02. The molecule has 2 aromatic rings. The molecule has 0 radical (unpaired) electrons. The standard InChI is InChI=1S/C20H24O6/c1-10-8-11(2)13(12(3)9-10)14-15(21)17(18(22)24-7)25-16(14)19(23)26-20(4,5)6/h8-9,21H,1-7H3. The number of esters is 2. The first-order valence-corrected chi connectivity index (χ1v) is 8.22. The predicted octanol–water partition coefficient (Wildman–Crippen LogP) is 4.32. The minimum Gasteiger partial charge on any atom is -0.504 e. The van der Waals surface area contributed by atoms with Crippen molar-refractivity contribution in [3.05, 3.63) is 40.3 Å². The van der Waals surface area contributed by atoms with Crippen molar-refractivity contribution in [3.63, 3.8) is 0 Å². The van der Waals surface area contributed by atoms with Gasteiger partial charge in [-0.2, -0.15) is 0 Å². The molecule has 6 nitrogen and oxygen atoms in total. The molecular formula is C20H24O6. The van der Waals surface area contributed by atoms with Crippen LogP contribution in [0.15, 0.2) is 16.5 Å². The molecular weight excluding hydrogens is 336 g/mol. The third-order valence-corrected chi connectivity index (χ3v) is 3.77. The van der Waals surface area contributed by atoms with Crippen molar-refractivity contribution in [1.29, 1.82) is 0 Å². The Labute approximate surface area is 152 Å². The van der Waals surface area contributed by atoms with Crippen molar-refractivity contribution in [2.45, 2.75) is 47.1 Å². The quantitative estimate of drug-likeness (QED) is 0.821. The van der Waals surface area contributed by atoms with Crippen LogP contribution in [0.5, 0.6) is 5.75 Å². The van der Waals surface area contributed by atoms with Crippen molar-refractivity contribution in [1.82, 2.24) is 0 Å². The Morgan fingerprint density at radius 1 is 0.962 bits per heavy atom. The molecule has 0 aliphatic rings. The number of furan rings is 1. The number of carbonyl (C=O) groups is 2. The highest BCUT2D eigenvalue weighted by Crippen LogP contribution is 2.42. The average molecular weight is 360 g/mol. The van der Waals surface area contributed by atoms with Crippen LogP contribution in [0, 0.1) is 20.8 Å². The van der Waals surface area contributed by atoms with Gasteiger partial charge in [0.05, 0.1) is 12.7 Å². The summed E-state index contributed by atoms with van der Waals surface area (Å²) in [5.41, 5.74) is 2.69. The minimum absolute atomic E-state index is 0.134. The molecule has 6 heteroatoms. The van der Waals surface area contributed by atoms with Gasteiger partial charge in [-0.25, -0.2) is 9.59 Å². The smallest absolute Gasteiger partial charge is 0.377 e. The number of rotatable bonds is 3. The van der Waals surface area contributed by atoms with E-state index in [0.717, 1.165) is 16.7 Å². The number of aromatic hydroxyl groups is 1. The highest BCUT2D eigenvalue weighted by Gasteiger charge is 2.33. The Bertz CT molecular complexity index is 844. The Hall–Kier alpha value is -2.76. The third kappa shape index (κ3) is 3.74. The van der Waals surface area contributed by atoms with Gasteiger partial charge in [-0.15, -0.1) is 0 Å². The van der Waals surface area contributed by atoms with Crippen LogP contribution in [0.2, 0.25) is 0 Å². The molecule has 1 aromatic carbocycles. The SMILES string of the molecule is COC(=O)c1oc(C(=O)OC(C)(C)C)c(-c2c(C)cc(C)cc2C)c1O. The topological polar surface area (TPSA) is 86.0 Å². The summed E-state index contributed by atoms with van der Waals surface area (Å²) in [5.74, 6) is -2.73. The molecule has 0 atom stereocenters. The molecule has 0 unspecified atom stereocenters. The van der Waals surface area contributed by atoms with E-state index in [1.807, 2.05) is 32.9 Å². The molecule has 1 N–H and O–H groups in total. The Kier molecular flexibility index (Phi) is 5.16. The van der Waals surface area contributed by atoms with Crippen LogP contribution < -0.4 is 0 Å². The average Bonchev–Trinajstić information content (AvgIpc) is 2.82. The van der Waals surface area contributed by atoms with Gasteiger partial charge in [0.25, 0.3) is 5.76 Å². The third-order valence-electron chi connectivity index (χ3n) is 3.77. The first-order valence-electron chi connectivity index (χ1n) is 8.22. The fraction of sp³-hybridized carbons (Fsp3) is 0.400. The molecule has 0 bridgehead atoms. The van der Waals surface area contributed by atoms with Gasteiger partial charge in [-0.05, 0) is 58.2 Å². The van der Waals surface area contributed by atoms with Crippen molar-refractivity contribution < 1.29 is 28.6 Å². The van der Waals surface area contributed by atoms with Crippen LogP contribution >= 0.6 is 0 Å². The number of hydrogen-bond donors (Lipinski definition) is 1. The summed E-state index contributed by atoms with van der Waals surface area (Å²) >= 11 is 0. The van der Waals surface area contributed by atoms with E-state index in [9.17, 15) is 14.7 Å². The van der Waals surface area contributed by atoms with Gasteiger partial charge >= 0.3 is 11.9 Å². The van der Waals surface area contributed by atoms with Gasteiger partial charge in [0.2, 0.25) is 5.76 Å². The van der Waals surface area contributed by atoms with Gasteiger partial charge in [0.15, 0.2) is 5.75 Å². The van der Waals surface area contributed by atoms with Crippen LogP contribution in [0.1, 0.15) is 58.6 Å². The zero-order valence-electron chi connectivity index (χ0n) is 16.1. The predicted molar refractivity (Wildman–Crippen MR) is 96.5 cm³/mol. The molecule has 0 spiro atoms. The fourth-order valence-corrected chi connectivity index (χ4v) is 2.93. The van der Waals surface area contributed by atoms with Crippen molar-refractivity contribution in [2.24, 2.45) is 0 Å². The minimum atomic E-state index is -0.874. The lowest BCUT2D eigenvalue weighted by Crippen LogP contribution is -2.24. The molecule has 0 aliphatic carbocycles. The van der Waals surface area contributed by atoms with E-state index in [2.05, 4.69) is 4.74 Å². The second-order valence-electron chi connectivity index (χ2n) is 7.25. The van der Waals surface area contributed by atoms with Crippen molar-refractivity contribution >= 4 is 11.9 Å². The maximum atomic E-state index is 12.6. The van der Waals surface area contributed by atoms with E-state index >= 15 is 0 Å². The van der Waals surface area contributed by atoms with Crippen LogP contribution in [-0.2, 0) is 9.47 Å². The van der Waals surface area contributed by atoms with E-state index in [1.165, 1.54) is 7.11 Å².